The molecule has 0 saturated heterocycles. The van der Waals surface area contributed by atoms with Crippen LogP contribution in [0, 0.1) is 24.7 Å². The Morgan fingerprint density at radius 3 is 1.25 bits per heavy atom. The summed E-state index contributed by atoms with van der Waals surface area (Å²) in [5.41, 5.74) is 0. The van der Waals surface area contributed by atoms with Crippen molar-refractivity contribution in [1.29, 1.82) is 0 Å². The summed E-state index contributed by atoms with van der Waals surface area (Å²) in [6.45, 7) is 7.10. The van der Waals surface area contributed by atoms with Gasteiger partial charge in [-0.05, 0) is 39.0 Å². The maximum atomic E-state index is 5.13. The molecule has 8 heteroatoms. The van der Waals surface area contributed by atoms with Crippen LogP contribution in [0.2, 0.25) is 0 Å². The zero-order valence-electron chi connectivity index (χ0n) is 14.0. The lowest BCUT2D eigenvalue weighted by molar-refractivity contribution is 0.637. The Hall–Kier alpha value is -0.140. The van der Waals surface area contributed by atoms with Crippen molar-refractivity contribution >= 4 is 49.6 Å². The first-order valence-corrected chi connectivity index (χ1v) is 7.26. The molecule has 0 rings (SSSR count). The van der Waals surface area contributed by atoms with Crippen LogP contribution in [0.1, 0.15) is 12.8 Å². The average molecular weight is 422 g/mol. The highest BCUT2D eigenvalue weighted by Gasteiger charge is 1.87. The summed E-state index contributed by atoms with van der Waals surface area (Å²) in [7, 11) is 0. The van der Waals surface area contributed by atoms with Gasteiger partial charge in [-0.15, -0.1) is 62.5 Å². The first kappa shape index (κ1) is 35.1. The Morgan fingerprint density at radius 2 is 0.917 bits per heavy atom. The zero-order valence-corrected chi connectivity index (χ0v) is 17.3. The van der Waals surface area contributed by atoms with Crippen molar-refractivity contribution in [1.82, 2.24) is 21.3 Å². The number of hydrogen-bond acceptors (Lipinski definition) is 4. The van der Waals surface area contributed by atoms with Crippen LogP contribution in [0.3, 0.4) is 0 Å². The van der Waals surface area contributed by atoms with E-state index in [1.807, 2.05) is 0 Å². The van der Waals surface area contributed by atoms with E-state index in [1.54, 1.807) is 0 Å². The van der Waals surface area contributed by atoms with Crippen LogP contribution in [0.5, 0.6) is 0 Å². The van der Waals surface area contributed by atoms with Crippen molar-refractivity contribution in [2.75, 3.05) is 52.4 Å². The third-order valence-corrected chi connectivity index (χ3v) is 2.56. The molecule has 0 aromatic carbocycles. The van der Waals surface area contributed by atoms with Gasteiger partial charge in [0.05, 0.1) is 13.1 Å². The first-order chi connectivity index (χ1) is 9.91. The Labute approximate surface area is 172 Å². The van der Waals surface area contributed by atoms with Gasteiger partial charge in [-0.2, -0.15) is 0 Å². The Bertz CT molecular complexity index is 284. The predicted octanol–water partition coefficient (Wildman–Crippen LogP) is 1.63. The molecule has 4 N–H and O–H groups in total. The van der Waals surface area contributed by atoms with Crippen molar-refractivity contribution in [3.8, 4) is 24.7 Å². The molecular weight excluding hydrogens is 390 g/mol. The molecule has 0 aliphatic carbocycles. The van der Waals surface area contributed by atoms with E-state index in [4.69, 9.17) is 12.8 Å². The van der Waals surface area contributed by atoms with Crippen molar-refractivity contribution in [3.63, 3.8) is 0 Å². The fourth-order valence-electron chi connectivity index (χ4n) is 1.54. The van der Waals surface area contributed by atoms with Gasteiger partial charge in [-0.1, -0.05) is 24.0 Å². The highest BCUT2D eigenvalue weighted by molar-refractivity contribution is 5.86. The van der Waals surface area contributed by atoms with E-state index in [-0.39, 0.29) is 49.6 Å². The maximum absolute atomic E-state index is 5.13. The largest absolute Gasteiger partial charge is 0.313 e. The topological polar surface area (TPSA) is 48.1 Å². The average Bonchev–Trinajstić information content (AvgIpc) is 2.47. The van der Waals surface area contributed by atoms with Gasteiger partial charge in [0.25, 0.3) is 0 Å². The summed E-state index contributed by atoms with van der Waals surface area (Å²) in [6, 6.07) is 0. The molecule has 4 nitrogen and oxygen atoms in total. The van der Waals surface area contributed by atoms with Gasteiger partial charge in [-0.3, -0.25) is 0 Å². The second-order valence-corrected chi connectivity index (χ2v) is 4.35. The van der Waals surface area contributed by atoms with E-state index in [0.717, 1.165) is 52.1 Å². The molecule has 24 heavy (non-hydrogen) atoms. The molecule has 0 unspecified atom stereocenters. The molecule has 0 atom stereocenters. The molecule has 0 heterocycles. The Kier molecular flexibility index (Phi) is 50.0. The second kappa shape index (κ2) is 34.2. The normalized spacial score (nSPS) is 8.75. The van der Waals surface area contributed by atoms with Gasteiger partial charge in [0.15, 0.2) is 0 Å². The molecule has 0 aromatic heterocycles. The summed E-state index contributed by atoms with van der Waals surface area (Å²) in [5, 5.41) is 13.0. The fraction of sp³-hybridized carbons (Fsp3) is 0.625. The number of terminal acetylenes is 2. The van der Waals surface area contributed by atoms with Crippen LogP contribution in [-0.4, -0.2) is 52.4 Å². The van der Waals surface area contributed by atoms with E-state index in [0.29, 0.717) is 13.1 Å². The number of halogens is 4. The number of rotatable bonds is 14. The van der Waals surface area contributed by atoms with E-state index in [1.165, 1.54) is 0 Å². The molecular formula is C16H32Cl4N4. The summed E-state index contributed by atoms with van der Waals surface area (Å²) in [4.78, 5) is 0. The molecule has 0 spiro atoms. The maximum Gasteiger partial charge on any atom is 0.0573 e. The minimum Gasteiger partial charge on any atom is -0.313 e. The van der Waals surface area contributed by atoms with Gasteiger partial charge in [0, 0.05) is 13.1 Å². The zero-order chi connectivity index (χ0) is 14.7. The van der Waals surface area contributed by atoms with Crippen molar-refractivity contribution in [2.45, 2.75) is 12.8 Å². The van der Waals surface area contributed by atoms with E-state index in [9.17, 15) is 0 Å². The van der Waals surface area contributed by atoms with Crippen LogP contribution in [-0.2, 0) is 0 Å². The molecule has 0 bridgehead atoms. The van der Waals surface area contributed by atoms with Gasteiger partial charge in [0.2, 0.25) is 0 Å². The molecule has 0 amide bonds. The van der Waals surface area contributed by atoms with Gasteiger partial charge in [0.1, 0.15) is 0 Å². The molecule has 0 aliphatic rings. The van der Waals surface area contributed by atoms with E-state index in [2.05, 4.69) is 45.3 Å². The predicted molar refractivity (Wildman–Crippen MR) is 117 cm³/mol. The van der Waals surface area contributed by atoms with Crippen LogP contribution >= 0.6 is 49.6 Å². The summed E-state index contributed by atoms with van der Waals surface area (Å²) in [5.74, 6) is 5.11. The van der Waals surface area contributed by atoms with Crippen LogP contribution in [0.4, 0.5) is 0 Å². The standard InChI is InChI=1S/C16H28N4.4ClH/c1-3-9-17-13-7-15-19-11-5-6-12-20-16-8-14-18-10-4-2;;;;/h1-2,5-6,17-20H,7-16H2;4*1H/b6-5+;;;;. The highest BCUT2D eigenvalue weighted by atomic mass is 35.5. The number of nitrogens with one attached hydrogen (secondary N) is 4. The number of hydrogen-bond donors (Lipinski definition) is 4. The van der Waals surface area contributed by atoms with Crippen molar-refractivity contribution in [2.24, 2.45) is 0 Å². The van der Waals surface area contributed by atoms with Gasteiger partial charge < -0.3 is 21.3 Å². The van der Waals surface area contributed by atoms with Crippen molar-refractivity contribution < 1.29 is 0 Å². The lowest BCUT2D eigenvalue weighted by Crippen LogP contribution is -2.23. The van der Waals surface area contributed by atoms with Gasteiger partial charge in [-0.25, -0.2) is 0 Å². The van der Waals surface area contributed by atoms with Gasteiger partial charge >= 0.3 is 0 Å². The third-order valence-electron chi connectivity index (χ3n) is 2.56. The monoisotopic (exact) mass is 420 g/mol. The van der Waals surface area contributed by atoms with Crippen LogP contribution < -0.4 is 21.3 Å². The van der Waals surface area contributed by atoms with E-state index < -0.39 is 0 Å². The SMILES string of the molecule is C#CCNCCCNC/C=C/CNCCCNCC#C.Cl.Cl.Cl.Cl. The molecule has 0 aliphatic heterocycles. The minimum atomic E-state index is 0. The van der Waals surface area contributed by atoms with Crippen LogP contribution in [0.15, 0.2) is 12.2 Å². The quantitative estimate of drug-likeness (QED) is 0.195. The molecule has 144 valence electrons. The summed E-state index contributed by atoms with van der Waals surface area (Å²) >= 11 is 0. The third kappa shape index (κ3) is 33.5. The Balaban J connectivity index is -0.000000301. The molecule has 0 saturated carbocycles. The van der Waals surface area contributed by atoms with E-state index >= 15 is 0 Å². The van der Waals surface area contributed by atoms with Crippen molar-refractivity contribution in [3.05, 3.63) is 12.2 Å². The highest BCUT2D eigenvalue weighted by Crippen LogP contribution is 1.76. The lowest BCUT2D eigenvalue weighted by Gasteiger charge is -2.03. The summed E-state index contributed by atoms with van der Waals surface area (Å²) < 4.78 is 0. The summed E-state index contributed by atoms with van der Waals surface area (Å²) in [6.07, 6.45) is 16.8. The first-order valence-electron chi connectivity index (χ1n) is 7.26. The van der Waals surface area contributed by atoms with Crippen LogP contribution in [0.25, 0.3) is 0 Å². The second-order valence-electron chi connectivity index (χ2n) is 4.35. The lowest BCUT2D eigenvalue weighted by atomic mass is 10.4. The smallest absolute Gasteiger partial charge is 0.0573 e. The molecule has 0 radical (unpaired) electrons. The molecule has 0 fully saturated rings. The fourth-order valence-corrected chi connectivity index (χ4v) is 1.54. The molecule has 0 aromatic rings. The Morgan fingerprint density at radius 1 is 0.583 bits per heavy atom. The minimum absolute atomic E-state index is 0.